The number of carbonyl (C=O) groups is 1. The molecule has 0 unspecified atom stereocenters. The van der Waals surface area contributed by atoms with Gasteiger partial charge >= 0.3 is 0 Å². The van der Waals surface area contributed by atoms with Gasteiger partial charge in [-0.15, -0.1) is 0 Å². The summed E-state index contributed by atoms with van der Waals surface area (Å²) < 4.78 is 2.13. The molecule has 1 aromatic heterocycles. The highest BCUT2D eigenvalue weighted by atomic mass is 35.5. The molecule has 3 rings (SSSR count). The van der Waals surface area contributed by atoms with Gasteiger partial charge in [0.2, 0.25) is 0 Å². The van der Waals surface area contributed by atoms with Crippen LogP contribution in [0, 0.1) is 5.92 Å². The maximum absolute atomic E-state index is 11.9. The number of hydrogen-bond acceptors (Lipinski definition) is 1. The number of rotatable bonds is 2. The molecule has 1 N–H and O–H groups in total. The Morgan fingerprint density at radius 1 is 1.37 bits per heavy atom. The molecule has 2 heterocycles. The minimum Gasteiger partial charge on any atom is -0.349 e. The lowest BCUT2D eigenvalue weighted by Gasteiger charge is -2.18. The van der Waals surface area contributed by atoms with E-state index in [-0.39, 0.29) is 5.91 Å². The van der Waals surface area contributed by atoms with E-state index in [1.165, 1.54) is 11.1 Å². The Bertz CT molecular complexity index is 658. The van der Waals surface area contributed by atoms with Crippen molar-refractivity contribution in [3.8, 4) is 0 Å². The maximum Gasteiger partial charge on any atom is 0.268 e. The fourth-order valence-electron chi connectivity index (χ4n) is 2.85. The number of amides is 1. The first-order valence-corrected chi connectivity index (χ1v) is 7.04. The Balaban J connectivity index is 2.27. The Morgan fingerprint density at radius 3 is 2.89 bits per heavy atom. The van der Waals surface area contributed by atoms with Gasteiger partial charge in [0.1, 0.15) is 5.69 Å². The Morgan fingerprint density at radius 2 is 2.16 bits per heavy atom. The Labute approximate surface area is 117 Å². The van der Waals surface area contributed by atoms with E-state index in [2.05, 4.69) is 23.7 Å². The molecule has 2 aromatic rings. The van der Waals surface area contributed by atoms with Gasteiger partial charge in [0.05, 0.1) is 5.52 Å². The SMILES string of the molecule is CC(C)Cc1cc(Cl)cc2cc3n(c12)CCNC3=O. The van der Waals surface area contributed by atoms with Crippen LogP contribution in [-0.4, -0.2) is 17.0 Å². The van der Waals surface area contributed by atoms with Crippen LogP contribution in [0.5, 0.6) is 0 Å². The highest BCUT2D eigenvalue weighted by Crippen LogP contribution is 2.30. The second-order valence-electron chi connectivity index (χ2n) is 5.54. The van der Waals surface area contributed by atoms with Crippen molar-refractivity contribution in [1.29, 1.82) is 0 Å². The van der Waals surface area contributed by atoms with Crippen LogP contribution >= 0.6 is 11.6 Å². The van der Waals surface area contributed by atoms with Crippen LogP contribution in [0.15, 0.2) is 18.2 Å². The van der Waals surface area contributed by atoms with Crippen molar-refractivity contribution in [2.75, 3.05) is 6.54 Å². The van der Waals surface area contributed by atoms with Crippen molar-refractivity contribution in [3.05, 3.63) is 34.5 Å². The zero-order valence-corrected chi connectivity index (χ0v) is 11.9. The largest absolute Gasteiger partial charge is 0.349 e. The van der Waals surface area contributed by atoms with E-state index < -0.39 is 0 Å². The third-order valence-corrected chi connectivity index (χ3v) is 3.74. The summed E-state index contributed by atoms with van der Waals surface area (Å²) in [5, 5.41) is 4.69. The summed E-state index contributed by atoms with van der Waals surface area (Å²) in [7, 11) is 0. The summed E-state index contributed by atoms with van der Waals surface area (Å²) in [5.74, 6) is 0.569. The molecule has 1 amide bonds. The third kappa shape index (κ3) is 2.12. The minimum absolute atomic E-state index is 0.00840. The number of benzene rings is 1. The molecule has 0 atom stereocenters. The van der Waals surface area contributed by atoms with Crippen molar-refractivity contribution in [3.63, 3.8) is 0 Å². The number of nitrogens with zero attached hydrogens (tertiary/aromatic N) is 1. The topological polar surface area (TPSA) is 34.0 Å². The normalized spacial score (nSPS) is 14.8. The summed E-state index contributed by atoms with van der Waals surface area (Å²) in [6, 6.07) is 5.92. The lowest BCUT2D eigenvalue weighted by molar-refractivity contribution is 0.0929. The van der Waals surface area contributed by atoms with Gasteiger partial charge in [0, 0.05) is 23.5 Å². The second kappa shape index (κ2) is 4.57. The van der Waals surface area contributed by atoms with Crippen LogP contribution in [-0.2, 0) is 13.0 Å². The first-order chi connectivity index (χ1) is 9.06. The summed E-state index contributed by atoms with van der Waals surface area (Å²) in [5.41, 5.74) is 3.15. The van der Waals surface area contributed by atoms with Crippen LogP contribution < -0.4 is 5.32 Å². The molecule has 1 aliphatic rings. The van der Waals surface area contributed by atoms with Gasteiger partial charge in [0.15, 0.2) is 0 Å². The van der Waals surface area contributed by atoms with Gasteiger partial charge in [-0.1, -0.05) is 25.4 Å². The lowest BCUT2D eigenvalue weighted by atomic mass is 10.0. The van der Waals surface area contributed by atoms with E-state index >= 15 is 0 Å². The number of aromatic nitrogens is 1. The molecule has 0 fully saturated rings. The summed E-state index contributed by atoms with van der Waals surface area (Å²) in [6.45, 7) is 5.91. The monoisotopic (exact) mass is 276 g/mol. The van der Waals surface area contributed by atoms with Crippen molar-refractivity contribution < 1.29 is 4.79 Å². The number of nitrogens with one attached hydrogen (secondary N) is 1. The lowest BCUT2D eigenvalue weighted by Crippen LogP contribution is -2.35. The molecular formula is C15H17ClN2O. The fourth-order valence-corrected chi connectivity index (χ4v) is 3.10. The van der Waals surface area contributed by atoms with Crippen LogP contribution in [0.4, 0.5) is 0 Å². The van der Waals surface area contributed by atoms with Crippen molar-refractivity contribution in [2.45, 2.75) is 26.8 Å². The van der Waals surface area contributed by atoms with E-state index in [9.17, 15) is 4.79 Å². The number of hydrogen-bond donors (Lipinski definition) is 1. The number of halogens is 1. The maximum atomic E-state index is 11.9. The van der Waals surface area contributed by atoms with Crippen molar-refractivity contribution in [2.24, 2.45) is 5.92 Å². The van der Waals surface area contributed by atoms with Gasteiger partial charge in [-0.3, -0.25) is 4.79 Å². The van der Waals surface area contributed by atoms with E-state index in [4.69, 9.17) is 11.6 Å². The molecule has 3 nitrogen and oxygen atoms in total. The summed E-state index contributed by atoms with van der Waals surface area (Å²) in [6.07, 6.45) is 0.974. The quantitative estimate of drug-likeness (QED) is 0.898. The smallest absolute Gasteiger partial charge is 0.268 e. The first kappa shape index (κ1) is 12.5. The summed E-state index contributed by atoms with van der Waals surface area (Å²) in [4.78, 5) is 11.9. The molecule has 1 aromatic carbocycles. The molecule has 0 bridgehead atoms. The standard InChI is InChI=1S/C15H17ClN2O/c1-9(2)5-10-6-12(16)7-11-8-13-15(19)17-3-4-18(13)14(10)11/h6-9H,3-5H2,1-2H3,(H,17,19). The predicted octanol–water partition coefficient (Wildman–Crippen LogP) is 3.24. The van der Waals surface area contributed by atoms with Gasteiger partial charge in [-0.05, 0) is 36.1 Å². The highest BCUT2D eigenvalue weighted by Gasteiger charge is 2.21. The second-order valence-corrected chi connectivity index (χ2v) is 5.97. The molecule has 0 saturated heterocycles. The van der Waals surface area contributed by atoms with Crippen LogP contribution in [0.25, 0.3) is 10.9 Å². The number of carbonyl (C=O) groups excluding carboxylic acids is 1. The van der Waals surface area contributed by atoms with Crippen LogP contribution in [0.3, 0.4) is 0 Å². The average Bonchev–Trinajstić information content (AvgIpc) is 2.67. The van der Waals surface area contributed by atoms with Gasteiger partial charge in [-0.25, -0.2) is 0 Å². The molecule has 4 heteroatoms. The fraction of sp³-hybridized carbons (Fsp3) is 0.400. The Hall–Kier alpha value is -1.48. The molecule has 19 heavy (non-hydrogen) atoms. The molecule has 0 saturated carbocycles. The van der Waals surface area contributed by atoms with Crippen molar-refractivity contribution in [1.82, 2.24) is 9.88 Å². The molecule has 0 spiro atoms. The van der Waals surface area contributed by atoms with E-state index in [0.717, 1.165) is 29.1 Å². The van der Waals surface area contributed by atoms with Gasteiger partial charge in [-0.2, -0.15) is 0 Å². The van der Waals surface area contributed by atoms with Crippen LogP contribution in [0.1, 0.15) is 29.9 Å². The van der Waals surface area contributed by atoms with Crippen LogP contribution in [0.2, 0.25) is 5.02 Å². The molecule has 0 aliphatic carbocycles. The number of fused-ring (bicyclic) bond motifs is 3. The van der Waals surface area contributed by atoms with E-state index in [0.29, 0.717) is 12.5 Å². The van der Waals surface area contributed by atoms with Gasteiger partial charge in [0.25, 0.3) is 5.91 Å². The summed E-state index contributed by atoms with van der Waals surface area (Å²) >= 11 is 6.20. The minimum atomic E-state index is 0.00840. The molecule has 100 valence electrons. The predicted molar refractivity (Wildman–Crippen MR) is 77.8 cm³/mol. The average molecular weight is 277 g/mol. The highest BCUT2D eigenvalue weighted by molar-refractivity contribution is 6.31. The van der Waals surface area contributed by atoms with E-state index in [1.807, 2.05) is 18.2 Å². The zero-order valence-electron chi connectivity index (χ0n) is 11.2. The van der Waals surface area contributed by atoms with Gasteiger partial charge < -0.3 is 9.88 Å². The first-order valence-electron chi connectivity index (χ1n) is 6.66. The molecule has 0 radical (unpaired) electrons. The molecular weight excluding hydrogens is 260 g/mol. The Kier molecular flexibility index (Phi) is 3.02. The molecule has 1 aliphatic heterocycles. The van der Waals surface area contributed by atoms with Crippen molar-refractivity contribution >= 4 is 28.4 Å². The van der Waals surface area contributed by atoms with E-state index in [1.54, 1.807) is 0 Å². The zero-order chi connectivity index (χ0) is 13.6. The third-order valence-electron chi connectivity index (χ3n) is 3.52.